The predicted octanol–water partition coefficient (Wildman–Crippen LogP) is 6.68. The van der Waals surface area contributed by atoms with E-state index in [1.165, 1.54) is 23.2 Å². The Labute approximate surface area is 205 Å². The van der Waals surface area contributed by atoms with Crippen molar-refractivity contribution in [1.29, 1.82) is 0 Å². The van der Waals surface area contributed by atoms with E-state index in [0.717, 1.165) is 46.4 Å². The number of thiophene rings is 1. The molecule has 0 N–H and O–H groups in total. The number of carbonyl (C=O) groups is 1. The number of aryl methyl sites for hydroxylation is 1. The van der Waals surface area contributed by atoms with Crippen LogP contribution in [0.4, 0.5) is 0 Å². The van der Waals surface area contributed by atoms with Gasteiger partial charge in [-0.1, -0.05) is 42.0 Å². The second-order valence-electron chi connectivity index (χ2n) is 9.71. The van der Waals surface area contributed by atoms with E-state index in [4.69, 9.17) is 9.97 Å². The zero-order valence-corrected chi connectivity index (χ0v) is 20.9. The summed E-state index contributed by atoms with van der Waals surface area (Å²) in [6, 6.07) is 18.7. The van der Waals surface area contributed by atoms with Crippen LogP contribution < -0.4 is 0 Å². The highest BCUT2D eigenvalue weighted by molar-refractivity contribution is 7.17. The Balaban J connectivity index is 1.43. The van der Waals surface area contributed by atoms with Crippen molar-refractivity contribution in [3.05, 3.63) is 82.4 Å². The Morgan fingerprint density at radius 2 is 1.79 bits per heavy atom. The van der Waals surface area contributed by atoms with Gasteiger partial charge in [0.25, 0.3) is 0 Å². The summed E-state index contributed by atoms with van der Waals surface area (Å²) in [4.78, 5) is 25.2. The summed E-state index contributed by atoms with van der Waals surface area (Å²) >= 11 is 1.75. The van der Waals surface area contributed by atoms with Crippen LogP contribution in [0.1, 0.15) is 58.8 Å². The van der Waals surface area contributed by atoms with Crippen LogP contribution in [0.3, 0.4) is 0 Å². The first kappa shape index (κ1) is 22.9. The van der Waals surface area contributed by atoms with Gasteiger partial charge < -0.3 is 4.90 Å². The first-order chi connectivity index (χ1) is 16.5. The minimum atomic E-state index is 0.133. The number of benzene rings is 2. The van der Waals surface area contributed by atoms with Crippen molar-refractivity contribution in [1.82, 2.24) is 14.9 Å². The van der Waals surface area contributed by atoms with E-state index in [1.807, 2.05) is 43.3 Å². The molecule has 5 rings (SSSR count). The quantitative estimate of drug-likeness (QED) is 0.296. The second-order valence-corrected chi connectivity index (χ2v) is 10.6. The van der Waals surface area contributed by atoms with Crippen LogP contribution in [0.25, 0.3) is 21.6 Å². The number of rotatable bonds is 6. The lowest BCUT2D eigenvalue weighted by Crippen LogP contribution is -2.31. The molecule has 1 aliphatic carbocycles. The third kappa shape index (κ3) is 4.82. The molecule has 0 atom stereocenters. The summed E-state index contributed by atoms with van der Waals surface area (Å²) < 4.78 is 1.22. The van der Waals surface area contributed by atoms with E-state index in [2.05, 4.69) is 42.6 Å². The lowest BCUT2D eigenvalue weighted by Gasteiger charge is -2.32. The third-order valence-electron chi connectivity index (χ3n) is 7.03. The van der Waals surface area contributed by atoms with Gasteiger partial charge in [-0.15, -0.1) is 11.3 Å². The van der Waals surface area contributed by atoms with Crippen LogP contribution in [0.15, 0.2) is 60.0 Å². The van der Waals surface area contributed by atoms with Gasteiger partial charge in [-0.05, 0) is 75.8 Å². The number of aromatic nitrogens is 2. The number of ketones is 1. The molecule has 0 unspecified atom stereocenters. The molecule has 174 valence electrons. The molecule has 0 amide bonds. The topological polar surface area (TPSA) is 46.1 Å². The fourth-order valence-corrected chi connectivity index (χ4v) is 5.98. The number of Topliss-reactive ketones (excluding diaryl/α,β-unsaturated/α-hetero) is 1. The van der Waals surface area contributed by atoms with Crippen molar-refractivity contribution < 1.29 is 4.79 Å². The van der Waals surface area contributed by atoms with Crippen molar-refractivity contribution in [2.75, 3.05) is 14.1 Å². The Bertz CT molecular complexity index is 1320. The molecule has 4 aromatic rings. The highest BCUT2D eigenvalue weighted by Crippen LogP contribution is 2.38. The van der Waals surface area contributed by atoms with Gasteiger partial charge in [-0.2, -0.15) is 0 Å². The molecule has 2 heterocycles. The molecule has 0 aliphatic heterocycles. The standard InChI is InChI=1S/C29H31N3OS/c1-19-6-4-8-22(16-19)26(33)18-20-7-5-9-23(17-20)29-30-25-14-15-34-28(25)27(31-29)21-10-12-24(13-11-21)32(2)3/h4-9,14-17,21,24H,10-13,18H2,1-3H3. The molecule has 4 nitrogen and oxygen atoms in total. The molecule has 1 aliphatic rings. The SMILES string of the molecule is Cc1cccc(C(=O)Cc2cccc(-c3nc(C4CCC(N(C)C)CC4)c4sccc4n3)c2)c1. The maximum atomic E-state index is 12.9. The molecule has 0 saturated heterocycles. The van der Waals surface area contributed by atoms with Crippen molar-refractivity contribution in [3.8, 4) is 11.4 Å². The van der Waals surface area contributed by atoms with Crippen LogP contribution >= 0.6 is 11.3 Å². The second kappa shape index (κ2) is 9.77. The van der Waals surface area contributed by atoms with E-state index in [0.29, 0.717) is 18.4 Å². The van der Waals surface area contributed by atoms with Gasteiger partial charge >= 0.3 is 0 Å². The normalized spacial score (nSPS) is 18.5. The lowest BCUT2D eigenvalue weighted by atomic mass is 9.83. The molecular weight excluding hydrogens is 438 g/mol. The summed E-state index contributed by atoms with van der Waals surface area (Å²) in [6.07, 6.45) is 5.12. The summed E-state index contributed by atoms with van der Waals surface area (Å²) in [5.74, 6) is 1.37. The van der Waals surface area contributed by atoms with Gasteiger partial charge in [0.1, 0.15) is 0 Å². The molecule has 34 heavy (non-hydrogen) atoms. The molecule has 0 spiro atoms. The Morgan fingerprint density at radius 1 is 1.00 bits per heavy atom. The monoisotopic (exact) mass is 469 g/mol. The summed E-state index contributed by atoms with van der Waals surface area (Å²) in [7, 11) is 4.36. The molecule has 0 radical (unpaired) electrons. The van der Waals surface area contributed by atoms with Crippen molar-refractivity contribution in [3.63, 3.8) is 0 Å². The van der Waals surface area contributed by atoms with E-state index >= 15 is 0 Å². The van der Waals surface area contributed by atoms with E-state index in [1.54, 1.807) is 11.3 Å². The maximum absolute atomic E-state index is 12.9. The van der Waals surface area contributed by atoms with E-state index < -0.39 is 0 Å². The molecule has 1 saturated carbocycles. The minimum absolute atomic E-state index is 0.133. The number of hydrogen-bond acceptors (Lipinski definition) is 5. The van der Waals surface area contributed by atoms with E-state index in [-0.39, 0.29) is 5.78 Å². The molecule has 0 bridgehead atoms. The third-order valence-corrected chi connectivity index (χ3v) is 7.96. The highest BCUT2D eigenvalue weighted by atomic mass is 32.1. The molecule has 5 heteroatoms. The number of hydrogen-bond donors (Lipinski definition) is 0. The van der Waals surface area contributed by atoms with Gasteiger partial charge in [-0.3, -0.25) is 4.79 Å². The zero-order chi connectivity index (χ0) is 23.7. The summed E-state index contributed by atoms with van der Waals surface area (Å²) in [5.41, 5.74) is 6.06. The summed E-state index contributed by atoms with van der Waals surface area (Å²) in [6.45, 7) is 2.01. The first-order valence-electron chi connectivity index (χ1n) is 12.1. The van der Waals surface area contributed by atoms with Gasteiger partial charge in [-0.25, -0.2) is 9.97 Å². The Kier molecular flexibility index (Phi) is 6.57. The van der Waals surface area contributed by atoms with Crippen molar-refractivity contribution in [2.45, 2.75) is 51.0 Å². The van der Waals surface area contributed by atoms with Gasteiger partial charge in [0.2, 0.25) is 0 Å². The van der Waals surface area contributed by atoms with Crippen LogP contribution in [0, 0.1) is 6.92 Å². The molecule has 1 fully saturated rings. The first-order valence-corrected chi connectivity index (χ1v) is 13.0. The average molecular weight is 470 g/mol. The van der Waals surface area contributed by atoms with Gasteiger partial charge in [0, 0.05) is 29.5 Å². The number of fused-ring (bicyclic) bond motifs is 1. The molecule has 2 aromatic heterocycles. The maximum Gasteiger partial charge on any atom is 0.167 e. The molecular formula is C29H31N3OS. The highest BCUT2D eigenvalue weighted by Gasteiger charge is 2.27. The number of carbonyl (C=O) groups excluding carboxylic acids is 1. The van der Waals surface area contributed by atoms with Crippen LogP contribution in [-0.2, 0) is 6.42 Å². The average Bonchev–Trinajstić information content (AvgIpc) is 3.32. The summed E-state index contributed by atoms with van der Waals surface area (Å²) in [5, 5.41) is 2.12. The van der Waals surface area contributed by atoms with Gasteiger partial charge in [0.05, 0.1) is 15.9 Å². The largest absolute Gasteiger partial charge is 0.306 e. The van der Waals surface area contributed by atoms with Crippen LogP contribution in [-0.4, -0.2) is 40.8 Å². The smallest absolute Gasteiger partial charge is 0.167 e. The van der Waals surface area contributed by atoms with Crippen molar-refractivity contribution >= 4 is 27.3 Å². The Morgan fingerprint density at radius 3 is 2.56 bits per heavy atom. The fraction of sp³-hybridized carbons (Fsp3) is 0.345. The minimum Gasteiger partial charge on any atom is -0.306 e. The number of nitrogens with zero attached hydrogens (tertiary/aromatic N) is 3. The zero-order valence-electron chi connectivity index (χ0n) is 20.1. The lowest BCUT2D eigenvalue weighted by molar-refractivity contribution is 0.0993. The fourth-order valence-electron chi connectivity index (χ4n) is 5.08. The predicted molar refractivity (Wildman–Crippen MR) is 141 cm³/mol. The van der Waals surface area contributed by atoms with Crippen LogP contribution in [0.5, 0.6) is 0 Å². The Hall–Kier alpha value is -2.89. The van der Waals surface area contributed by atoms with E-state index in [9.17, 15) is 4.79 Å². The van der Waals surface area contributed by atoms with Gasteiger partial charge in [0.15, 0.2) is 11.6 Å². The van der Waals surface area contributed by atoms with Crippen LogP contribution in [0.2, 0.25) is 0 Å². The molecule has 2 aromatic carbocycles. The van der Waals surface area contributed by atoms with Crippen molar-refractivity contribution in [2.24, 2.45) is 0 Å².